The van der Waals surface area contributed by atoms with Crippen LogP contribution in [0.3, 0.4) is 0 Å². The third-order valence-corrected chi connectivity index (χ3v) is 4.42. The van der Waals surface area contributed by atoms with Crippen LogP contribution in [0.4, 0.5) is 0 Å². The van der Waals surface area contributed by atoms with Crippen molar-refractivity contribution in [2.24, 2.45) is 0 Å². The van der Waals surface area contributed by atoms with Gasteiger partial charge < -0.3 is 15.3 Å². The SMILES string of the molecule is Cc1c[nH]c(=O)c2c(C(=O)NCc3cccc(=O)[nH]3)csc12. The Kier molecular flexibility index (Phi) is 3.64. The first kappa shape index (κ1) is 14.3. The molecule has 0 fully saturated rings. The van der Waals surface area contributed by atoms with Crippen LogP contribution in [0.1, 0.15) is 21.6 Å². The Morgan fingerprint density at radius 2 is 2.14 bits per heavy atom. The van der Waals surface area contributed by atoms with Gasteiger partial charge in [0.1, 0.15) is 0 Å². The largest absolute Gasteiger partial charge is 0.346 e. The van der Waals surface area contributed by atoms with Crippen molar-refractivity contribution in [1.29, 1.82) is 0 Å². The Bertz CT molecular complexity index is 968. The molecule has 0 aliphatic heterocycles. The lowest BCUT2D eigenvalue weighted by molar-refractivity contribution is 0.0952. The minimum absolute atomic E-state index is 0.190. The molecule has 0 radical (unpaired) electrons. The smallest absolute Gasteiger partial charge is 0.257 e. The predicted octanol–water partition coefficient (Wildman–Crippen LogP) is 1.52. The first-order valence-corrected chi connectivity index (χ1v) is 7.50. The summed E-state index contributed by atoms with van der Waals surface area (Å²) in [7, 11) is 0. The van der Waals surface area contributed by atoms with Crippen molar-refractivity contribution in [3.05, 3.63) is 67.3 Å². The first-order valence-electron chi connectivity index (χ1n) is 6.62. The predicted molar refractivity (Wildman–Crippen MR) is 85.4 cm³/mol. The zero-order chi connectivity index (χ0) is 15.7. The van der Waals surface area contributed by atoms with Crippen LogP contribution in [0.5, 0.6) is 0 Å². The Morgan fingerprint density at radius 3 is 2.91 bits per heavy atom. The van der Waals surface area contributed by atoms with Crippen LogP contribution in [0.15, 0.2) is 39.4 Å². The van der Waals surface area contributed by atoms with Gasteiger partial charge in [-0.25, -0.2) is 0 Å². The molecule has 7 heteroatoms. The number of aromatic nitrogens is 2. The van der Waals surface area contributed by atoms with Gasteiger partial charge in [0.05, 0.1) is 17.5 Å². The number of amides is 1. The third-order valence-electron chi connectivity index (χ3n) is 3.31. The summed E-state index contributed by atoms with van der Waals surface area (Å²) < 4.78 is 0.807. The van der Waals surface area contributed by atoms with E-state index in [4.69, 9.17) is 0 Å². The lowest BCUT2D eigenvalue weighted by Crippen LogP contribution is -2.25. The molecule has 22 heavy (non-hydrogen) atoms. The molecule has 0 saturated heterocycles. The van der Waals surface area contributed by atoms with E-state index in [-0.39, 0.29) is 23.6 Å². The number of nitrogens with one attached hydrogen (secondary N) is 3. The third kappa shape index (κ3) is 2.58. The fourth-order valence-electron chi connectivity index (χ4n) is 2.22. The van der Waals surface area contributed by atoms with Gasteiger partial charge in [0.15, 0.2) is 0 Å². The summed E-state index contributed by atoms with van der Waals surface area (Å²) in [5.41, 5.74) is 1.37. The molecule has 0 unspecified atom stereocenters. The van der Waals surface area contributed by atoms with Crippen molar-refractivity contribution < 1.29 is 4.79 Å². The molecule has 1 amide bonds. The lowest BCUT2D eigenvalue weighted by atomic mass is 10.1. The van der Waals surface area contributed by atoms with E-state index in [0.717, 1.165) is 10.3 Å². The standard InChI is InChI=1S/C15H13N3O3S/c1-8-5-16-15(21)12-10(7-22-13(8)12)14(20)17-6-9-3-2-4-11(19)18-9/h2-5,7H,6H2,1H3,(H,16,21)(H,17,20)(H,18,19). The Morgan fingerprint density at radius 1 is 1.32 bits per heavy atom. The number of aryl methyl sites for hydroxylation is 1. The number of aromatic amines is 2. The van der Waals surface area contributed by atoms with Gasteiger partial charge in [-0.2, -0.15) is 0 Å². The van der Waals surface area contributed by atoms with Crippen molar-refractivity contribution >= 4 is 27.3 Å². The van der Waals surface area contributed by atoms with Gasteiger partial charge in [-0.3, -0.25) is 14.4 Å². The average molecular weight is 315 g/mol. The van der Waals surface area contributed by atoms with E-state index in [2.05, 4.69) is 15.3 Å². The molecule has 0 spiro atoms. The van der Waals surface area contributed by atoms with E-state index >= 15 is 0 Å². The molecular weight excluding hydrogens is 302 g/mol. The van der Waals surface area contributed by atoms with Crippen molar-refractivity contribution in [1.82, 2.24) is 15.3 Å². The number of rotatable bonds is 3. The molecule has 3 rings (SSSR count). The minimum Gasteiger partial charge on any atom is -0.346 e. The van der Waals surface area contributed by atoms with E-state index < -0.39 is 0 Å². The van der Waals surface area contributed by atoms with Gasteiger partial charge in [-0.15, -0.1) is 11.3 Å². The quantitative estimate of drug-likeness (QED) is 0.684. The number of carbonyl (C=O) groups excluding carboxylic acids is 1. The molecule has 3 N–H and O–H groups in total. The molecule has 112 valence electrons. The van der Waals surface area contributed by atoms with E-state index in [9.17, 15) is 14.4 Å². The molecule has 3 aromatic heterocycles. The highest BCUT2D eigenvalue weighted by Crippen LogP contribution is 2.25. The monoisotopic (exact) mass is 315 g/mol. The van der Waals surface area contributed by atoms with Gasteiger partial charge in [0, 0.05) is 28.0 Å². The van der Waals surface area contributed by atoms with Gasteiger partial charge in [0.25, 0.3) is 11.5 Å². The fourth-order valence-corrected chi connectivity index (χ4v) is 3.25. The maximum absolute atomic E-state index is 12.3. The van der Waals surface area contributed by atoms with Crippen molar-refractivity contribution in [3.63, 3.8) is 0 Å². The normalized spacial score (nSPS) is 10.8. The fraction of sp³-hybridized carbons (Fsp3) is 0.133. The molecule has 0 aromatic carbocycles. The van der Waals surface area contributed by atoms with E-state index in [1.54, 1.807) is 23.7 Å². The molecule has 0 atom stereocenters. The van der Waals surface area contributed by atoms with Gasteiger partial charge in [0.2, 0.25) is 5.56 Å². The van der Waals surface area contributed by atoms with Gasteiger partial charge >= 0.3 is 0 Å². The van der Waals surface area contributed by atoms with Crippen LogP contribution < -0.4 is 16.4 Å². The summed E-state index contributed by atoms with van der Waals surface area (Å²) in [5.74, 6) is -0.341. The van der Waals surface area contributed by atoms with Crippen LogP contribution in [-0.2, 0) is 6.54 Å². The molecule has 0 saturated carbocycles. The zero-order valence-electron chi connectivity index (χ0n) is 11.7. The summed E-state index contributed by atoms with van der Waals surface area (Å²) in [6.07, 6.45) is 1.64. The van der Waals surface area contributed by atoms with Crippen molar-refractivity contribution in [2.75, 3.05) is 0 Å². The summed E-state index contributed by atoms with van der Waals surface area (Å²) in [6.45, 7) is 2.07. The molecule has 3 aromatic rings. The number of hydrogen-bond donors (Lipinski definition) is 3. The Labute approximate surface area is 128 Å². The number of H-pyrrole nitrogens is 2. The lowest BCUT2D eigenvalue weighted by Gasteiger charge is -2.04. The van der Waals surface area contributed by atoms with Crippen molar-refractivity contribution in [3.8, 4) is 0 Å². The molecular formula is C15H13N3O3S. The Hall–Kier alpha value is -2.67. The van der Waals surface area contributed by atoms with E-state index in [1.165, 1.54) is 17.4 Å². The number of thiophene rings is 1. The second kappa shape index (κ2) is 5.61. The maximum atomic E-state index is 12.3. The zero-order valence-corrected chi connectivity index (χ0v) is 12.5. The van der Waals surface area contributed by atoms with Crippen LogP contribution in [0.2, 0.25) is 0 Å². The summed E-state index contributed by atoms with van der Waals surface area (Å²) in [4.78, 5) is 40.7. The minimum atomic E-state index is -0.341. The number of carbonyl (C=O) groups is 1. The summed E-state index contributed by atoms with van der Waals surface area (Å²) >= 11 is 1.37. The second-order valence-corrected chi connectivity index (χ2v) is 5.76. The number of pyridine rings is 2. The average Bonchev–Trinajstić information content (AvgIpc) is 2.95. The molecule has 0 bridgehead atoms. The maximum Gasteiger partial charge on any atom is 0.257 e. The molecule has 0 aliphatic rings. The van der Waals surface area contributed by atoms with Crippen molar-refractivity contribution in [2.45, 2.75) is 13.5 Å². The number of hydrogen-bond acceptors (Lipinski definition) is 4. The van der Waals surface area contributed by atoms with E-state index in [1.807, 2.05) is 6.92 Å². The van der Waals surface area contributed by atoms with Crippen LogP contribution in [0, 0.1) is 6.92 Å². The number of fused-ring (bicyclic) bond motifs is 1. The highest BCUT2D eigenvalue weighted by molar-refractivity contribution is 7.17. The second-order valence-electron chi connectivity index (χ2n) is 4.88. The molecule has 3 heterocycles. The molecule has 6 nitrogen and oxygen atoms in total. The van der Waals surface area contributed by atoms with E-state index in [0.29, 0.717) is 16.6 Å². The highest BCUT2D eigenvalue weighted by Gasteiger charge is 2.16. The Balaban J connectivity index is 1.88. The topological polar surface area (TPSA) is 94.8 Å². The molecule has 0 aliphatic carbocycles. The first-order chi connectivity index (χ1) is 10.6. The van der Waals surface area contributed by atoms with Gasteiger partial charge in [-0.05, 0) is 18.6 Å². The van der Waals surface area contributed by atoms with Crippen LogP contribution in [-0.4, -0.2) is 15.9 Å². The van der Waals surface area contributed by atoms with Crippen LogP contribution in [0.25, 0.3) is 10.1 Å². The van der Waals surface area contributed by atoms with Gasteiger partial charge in [-0.1, -0.05) is 6.07 Å². The summed E-state index contributed by atoms with van der Waals surface area (Å²) in [5, 5.41) is 4.80. The highest BCUT2D eigenvalue weighted by atomic mass is 32.1. The summed E-state index contributed by atoms with van der Waals surface area (Å²) in [6, 6.07) is 4.73. The van der Waals surface area contributed by atoms with Crippen LogP contribution >= 0.6 is 11.3 Å².